The number of hydrogen-bond donors (Lipinski definition) is 1. The molecule has 0 heterocycles. The lowest BCUT2D eigenvalue weighted by atomic mass is 9.70. The fourth-order valence-corrected chi connectivity index (χ4v) is 4.66. The van der Waals surface area contributed by atoms with Crippen molar-refractivity contribution in [1.82, 2.24) is 0 Å². The van der Waals surface area contributed by atoms with Gasteiger partial charge in [-0.3, -0.25) is 4.79 Å². The Bertz CT molecular complexity index is 499. The molecule has 0 spiro atoms. The van der Waals surface area contributed by atoms with E-state index in [4.69, 9.17) is 14.6 Å². The number of unbranched alkanes of at least 4 members (excludes halogenated alkanes) is 3. The quantitative estimate of drug-likeness (QED) is 0.299. The molecule has 0 aromatic heterocycles. The number of ether oxygens (including phenoxy) is 2. The highest BCUT2D eigenvalue weighted by Gasteiger charge is 2.32. The minimum absolute atomic E-state index is 0.103. The second kappa shape index (κ2) is 12.3. The molecule has 0 atom stereocenters. The second-order valence-electron chi connectivity index (χ2n) is 8.69. The van der Waals surface area contributed by atoms with Crippen LogP contribution < -0.4 is 0 Å². The Balaban J connectivity index is 1.46. The van der Waals surface area contributed by atoms with E-state index in [9.17, 15) is 9.59 Å². The van der Waals surface area contributed by atoms with E-state index in [1.165, 1.54) is 12.8 Å². The lowest BCUT2D eigenvalue weighted by molar-refractivity contribution is -0.143. The van der Waals surface area contributed by atoms with E-state index in [-0.39, 0.29) is 11.9 Å². The number of hydrogen-bond acceptors (Lipinski definition) is 4. The summed E-state index contributed by atoms with van der Waals surface area (Å²) in [7, 11) is 0. The second-order valence-corrected chi connectivity index (χ2v) is 8.69. The molecule has 28 heavy (non-hydrogen) atoms. The number of esters is 1. The van der Waals surface area contributed by atoms with Crippen LogP contribution in [0.2, 0.25) is 0 Å². The van der Waals surface area contributed by atoms with Gasteiger partial charge < -0.3 is 14.6 Å². The van der Waals surface area contributed by atoms with Crippen LogP contribution in [0, 0.1) is 17.8 Å². The smallest absolute Gasteiger partial charge is 0.333 e. The van der Waals surface area contributed by atoms with Gasteiger partial charge in [0.05, 0.1) is 18.6 Å². The first kappa shape index (κ1) is 22.9. The van der Waals surface area contributed by atoms with Gasteiger partial charge in [-0.2, -0.15) is 0 Å². The van der Waals surface area contributed by atoms with Gasteiger partial charge in [-0.15, -0.1) is 0 Å². The van der Waals surface area contributed by atoms with E-state index in [0.717, 1.165) is 82.7 Å². The first-order chi connectivity index (χ1) is 13.5. The number of carbonyl (C=O) groups excluding carboxylic acids is 1. The van der Waals surface area contributed by atoms with Crippen molar-refractivity contribution in [2.24, 2.45) is 17.8 Å². The molecule has 2 saturated carbocycles. The monoisotopic (exact) mass is 394 g/mol. The highest BCUT2D eigenvalue weighted by molar-refractivity contribution is 5.86. The third kappa shape index (κ3) is 7.94. The van der Waals surface area contributed by atoms with Crippen molar-refractivity contribution < 1.29 is 24.2 Å². The first-order valence-electron chi connectivity index (χ1n) is 11.1. The highest BCUT2D eigenvalue weighted by atomic mass is 16.5. The number of carboxylic acids is 1. The summed E-state index contributed by atoms with van der Waals surface area (Å²) < 4.78 is 11.2. The summed E-state index contributed by atoms with van der Waals surface area (Å²) >= 11 is 0. The third-order valence-electron chi connectivity index (χ3n) is 6.48. The van der Waals surface area contributed by atoms with E-state index in [0.29, 0.717) is 18.3 Å². The van der Waals surface area contributed by atoms with Gasteiger partial charge in [-0.1, -0.05) is 13.0 Å². The van der Waals surface area contributed by atoms with Crippen molar-refractivity contribution in [1.29, 1.82) is 0 Å². The molecule has 0 amide bonds. The van der Waals surface area contributed by atoms with Crippen LogP contribution in [0.15, 0.2) is 12.2 Å². The van der Waals surface area contributed by atoms with Gasteiger partial charge in [0.25, 0.3) is 0 Å². The van der Waals surface area contributed by atoms with Gasteiger partial charge in [0.2, 0.25) is 0 Å². The molecule has 2 fully saturated rings. The predicted molar refractivity (Wildman–Crippen MR) is 109 cm³/mol. The minimum atomic E-state index is -0.608. The topological polar surface area (TPSA) is 72.8 Å². The molecule has 0 saturated heterocycles. The zero-order chi connectivity index (χ0) is 20.4. The van der Waals surface area contributed by atoms with E-state index in [1.54, 1.807) is 6.92 Å². The average molecular weight is 395 g/mol. The lowest BCUT2D eigenvalue weighted by Crippen LogP contribution is -2.30. The Hall–Kier alpha value is -1.36. The number of carboxylic acid groups (broad SMARTS) is 1. The van der Waals surface area contributed by atoms with Crippen molar-refractivity contribution in [2.45, 2.75) is 90.1 Å². The molecule has 1 N–H and O–H groups in total. The molecule has 0 unspecified atom stereocenters. The Morgan fingerprint density at radius 2 is 1.39 bits per heavy atom. The van der Waals surface area contributed by atoms with Crippen LogP contribution in [0.5, 0.6) is 0 Å². The summed E-state index contributed by atoms with van der Waals surface area (Å²) in [4.78, 5) is 22.3. The number of aliphatic carboxylic acids is 1. The number of rotatable bonds is 11. The fraction of sp³-hybridized carbons (Fsp3) is 0.826. The largest absolute Gasteiger partial charge is 0.481 e. The van der Waals surface area contributed by atoms with Gasteiger partial charge >= 0.3 is 11.9 Å². The summed E-state index contributed by atoms with van der Waals surface area (Å²) in [6, 6.07) is 0. The van der Waals surface area contributed by atoms with Gasteiger partial charge in [0.15, 0.2) is 0 Å². The molecule has 0 aromatic carbocycles. The minimum Gasteiger partial charge on any atom is -0.481 e. The maximum Gasteiger partial charge on any atom is 0.333 e. The maximum atomic E-state index is 11.3. The summed E-state index contributed by atoms with van der Waals surface area (Å²) in [6.45, 7) is 6.53. The molecule has 0 aromatic rings. The van der Waals surface area contributed by atoms with Gasteiger partial charge in [-0.25, -0.2) is 4.79 Å². The van der Waals surface area contributed by atoms with E-state index >= 15 is 0 Å². The van der Waals surface area contributed by atoms with Gasteiger partial charge in [0.1, 0.15) is 0 Å². The van der Waals surface area contributed by atoms with Crippen molar-refractivity contribution in [3.63, 3.8) is 0 Å². The van der Waals surface area contributed by atoms with Crippen LogP contribution in [-0.4, -0.2) is 36.4 Å². The fourth-order valence-electron chi connectivity index (χ4n) is 4.66. The van der Waals surface area contributed by atoms with Crippen molar-refractivity contribution in [2.75, 3.05) is 13.2 Å². The Morgan fingerprint density at radius 1 is 0.857 bits per heavy atom. The third-order valence-corrected chi connectivity index (χ3v) is 6.48. The Kier molecular flexibility index (Phi) is 10.0. The standard InChI is InChI=1S/C23H38O5/c1-17(2)23(26)28-16-6-4-3-5-15-27-21-13-11-19(12-14-21)18-7-9-20(10-8-18)22(24)25/h18-21H,1,3-16H2,2H3,(H,24,25). The van der Waals surface area contributed by atoms with Crippen LogP contribution in [0.3, 0.4) is 0 Å². The summed E-state index contributed by atoms with van der Waals surface area (Å²) in [5.74, 6) is 0.499. The van der Waals surface area contributed by atoms with Crippen LogP contribution >= 0.6 is 0 Å². The number of carbonyl (C=O) groups is 2. The summed E-state index contributed by atoms with van der Waals surface area (Å²) in [6.07, 6.45) is 13.2. The van der Waals surface area contributed by atoms with Gasteiger partial charge in [-0.05, 0) is 89.4 Å². The average Bonchev–Trinajstić information content (AvgIpc) is 2.70. The van der Waals surface area contributed by atoms with Crippen LogP contribution in [0.4, 0.5) is 0 Å². The van der Waals surface area contributed by atoms with Gasteiger partial charge in [0, 0.05) is 12.2 Å². The molecule has 0 radical (unpaired) electrons. The Morgan fingerprint density at radius 3 is 1.93 bits per heavy atom. The molecule has 2 aliphatic carbocycles. The van der Waals surface area contributed by atoms with E-state index < -0.39 is 5.97 Å². The van der Waals surface area contributed by atoms with Crippen LogP contribution in [0.25, 0.3) is 0 Å². The van der Waals surface area contributed by atoms with Crippen LogP contribution in [-0.2, 0) is 19.1 Å². The first-order valence-corrected chi connectivity index (χ1v) is 11.1. The van der Waals surface area contributed by atoms with Crippen molar-refractivity contribution >= 4 is 11.9 Å². The molecule has 0 bridgehead atoms. The molecule has 5 heteroatoms. The predicted octanol–water partition coefficient (Wildman–Crippen LogP) is 5.13. The SMILES string of the molecule is C=C(C)C(=O)OCCCCCCOC1CCC(C2CCC(C(=O)O)CC2)CC1. The molecule has 160 valence electrons. The Labute approximate surface area is 169 Å². The lowest BCUT2D eigenvalue weighted by Gasteiger charge is -2.37. The normalized spacial score (nSPS) is 27.9. The summed E-state index contributed by atoms with van der Waals surface area (Å²) in [5, 5.41) is 9.14. The zero-order valence-electron chi connectivity index (χ0n) is 17.5. The highest BCUT2D eigenvalue weighted by Crippen LogP contribution is 2.40. The zero-order valence-corrected chi connectivity index (χ0v) is 17.5. The van der Waals surface area contributed by atoms with Crippen molar-refractivity contribution in [3.05, 3.63) is 12.2 Å². The molecule has 2 aliphatic rings. The molecular formula is C23H38O5. The maximum absolute atomic E-state index is 11.3. The van der Waals surface area contributed by atoms with Crippen molar-refractivity contribution in [3.8, 4) is 0 Å². The molecule has 0 aliphatic heterocycles. The molecule has 5 nitrogen and oxygen atoms in total. The van der Waals surface area contributed by atoms with E-state index in [2.05, 4.69) is 6.58 Å². The van der Waals surface area contributed by atoms with Crippen LogP contribution in [0.1, 0.15) is 84.0 Å². The summed E-state index contributed by atoms with van der Waals surface area (Å²) in [5.41, 5.74) is 0.455. The molecular weight excluding hydrogens is 356 g/mol. The molecule has 2 rings (SSSR count). The van der Waals surface area contributed by atoms with E-state index in [1.807, 2.05) is 0 Å².